The van der Waals surface area contributed by atoms with Crippen LogP contribution in [0.4, 0.5) is 0 Å². The van der Waals surface area contributed by atoms with E-state index in [-0.39, 0.29) is 36.9 Å². The second kappa shape index (κ2) is 8.42. The average Bonchev–Trinajstić information content (AvgIpc) is 3.23. The van der Waals surface area contributed by atoms with Crippen molar-refractivity contribution in [1.82, 2.24) is 23.7 Å². The fourth-order valence-electron chi connectivity index (χ4n) is 3.79. The fraction of sp³-hybridized carbons (Fsp3) is 0.526. The van der Waals surface area contributed by atoms with Crippen molar-refractivity contribution in [3.05, 3.63) is 36.3 Å². The molecule has 0 saturated carbocycles. The Morgan fingerprint density at radius 2 is 1.80 bits per heavy atom. The second-order valence-corrected chi connectivity index (χ2v) is 9.52. The summed E-state index contributed by atoms with van der Waals surface area (Å²) in [5.41, 5.74) is 0.926. The molecule has 2 aliphatic rings. The highest BCUT2D eigenvalue weighted by atomic mass is 32.2. The standard InChI is InChI=1S/C19H25N5O5S/c1-14-12-24(13-15(2)28-14)30(26,27)23-8-6-22(7-9-23)19(25)17-10-18(29-21-17)16-4-3-5-20-11-16/h3-5,10-11,14-15H,6-9,12-13H2,1-2H3. The first-order valence-electron chi connectivity index (χ1n) is 9.91. The van der Waals surface area contributed by atoms with E-state index >= 15 is 0 Å². The lowest BCUT2D eigenvalue weighted by Crippen LogP contribution is -2.57. The van der Waals surface area contributed by atoms with Crippen LogP contribution in [0.2, 0.25) is 0 Å². The highest BCUT2D eigenvalue weighted by Gasteiger charge is 2.37. The SMILES string of the molecule is CC1CN(S(=O)(=O)N2CCN(C(=O)c3cc(-c4cccnc4)on3)CC2)CC(C)O1. The molecule has 0 aliphatic carbocycles. The van der Waals surface area contributed by atoms with Crippen molar-refractivity contribution in [1.29, 1.82) is 0 Å². The van der Waals surface area contributed by atoms with E-state index in [1.165, 1.54) is 8.61 Å². The summed E-state index contributed by atoms with van der Waals surface area (Å²) in [6.45, 7) is 5.47. The van der Waals surface area contributed by atoms with Crippen molar-refractivity contribution < 1.29 is 22.5 Å². The normalized spacial score (nSPS) is 24.1. The van der Waals surface area contributed by atoms with E-state index in [1.54, 1.807) is 29.4 Å². The molecule has 2 unspecified atom stereocenters. The van der Waals surface area contributed by atoms with Crippen molar-refractivity contribution in [3.8, 4) is 11.3 Å². The van der Waals surface area contributed by atoms with Gasteiger partial charge in [-0.15, -0.1) is 0 Å². The van der Waals surface area contributed by atoms with Gasteiger partial charge in [0, 0.05) is 63.3 Å². The maximum atomic E-state index is 13.0. The van der Waals surface area contributed by atoms with E-state index in [2.05, 4.69) is 10.1 Å². The summed E-state index contributed by atoms with van der Waals surface area (Å²) in [6, 6.07) is 5.17. The lowest BCUT2D eigenvalue weighted by atomic mass is 10.2. The lowest BCUT2D eigenvalue weighted by molar-refractivity contribution is -0.0457. The van der Waals surface area contributed by atoms with Crippen LogP contribution in [-0.2, 0) is 14.9 Å². The van der Waals surface area contributed by atoms with Gasteiger partial charge in [-0.25, -0.2) is 0 Å². The first-order chi connectivity index (χ1) is 14.3. The van der Waals surface area contributed by atoms with E-state index in [9.17, 15) is 13.2 Å². The van der Waals surface area contributed by atoms with Crippen LogP contribution in [-0.4, -0.2) is 89.5 Å². The van der Waals surface area contributed by atoms with Crippen molar-refractivity contribution >= 4 is 16.1 Å². The number of nitrogens with zero attached hydrogens (tertiary/aromatic N) is 5. The molecule has 0 bridgehead atoms. The van der Waals surface area contributed by atoms with Gasteiger partial charge in [-0.05, 0) is 26.0 Å². The van der Waals surface area contributed by atoms with Gasteiger partial charge >= 0.3 is 0 Å². The number of morpholine rings is 1. The molecule has 162 valence electrons. The van der Waals surface area contributed by atoms with E-state index in [4.69, 9.17) is 9.26 Å². The Morgan fingerprint density at radius 3 is 2.43 bits per heavy atom. The van der Waals surface area contributed by atoms with Crippen molar-refractivity contribution in [3.63, 3.8) is 0 Å². The van der Waals surface area contributed by atoms with Gasteiger partial charge in [-0.1, -0.05) is 5.16 Å². The molecule has 2 saturated heterocycles. The quantitative estimate of drug-likeness (QED) is 0.700. The zero-order valence-electron chi connectivity index (χ0n) is 17.0. The van der Waals surface area contributed by atoms with Gasteiger partial charge < -0.3 is 14.2 Å². The molecule has 0 spiro atoms. The number of piperazine rings is 1. The van der Waals surface area contributed by atoms with Crippen LogP contribution >= 0.6 is 0 Å². The smallest absolute Gasteiger partial charge is 0.282 e. The van der Waals surface area contributed by atoms with Gasteiger partial charge in [-0.2, -0.15) is 17.0 Å². The summed E-state index contributed by atoms with van der Waals surface area (Å²) >= 11 is 0. The van der Waals surface area contributed by atoms with Crippen LogP contribution < -0.4 is 0 Å². The summed E-state index contributed by atoms with van der Waals surface area (Å²) < 4.78 is 39.8. The number of rotatable bonds is 4. The molecule has 30 heavy (non-hydrogen) atoms. The molecule has 10 nitrogen and oxygen atoms in total. The molecule has 2 aromatic rings. The minimum absolute atomic E-state index is 0.146. The van der Waals surface area contributed by atoms with E-state index in [0.29, 0.717) is 31.9 Å². The Morgan fingerprint density at radius 1 is 1.10 bits per heavy atom. The minimum Gasteiger partial charge on any atom is -0.373 e. The Hall–Kier alpha value is -2.34. The Labute approximate surface area is 175 Å². The number of carbonyl (C=O) groups is 1. The number of aromatic nitrogens is 2. The monoisotopic (exact) mass is 435 g/mol. The molecule has 2 fully saturated rings. The van der Waals surface area contributed by atoms with Crippen LogP contribution in [0.15, 0.2) is 35.1 Å². The largest absolute Gasteiger partial charge is 0.373 e. The Kier molecular flexibility index (Phi) is 5.87. The molecule has 1 amide bonds. The maximum Gasteiger partial charge on any atom is 0.282 e. The van der Waals surface area contributed by atoms with E-state index in [0.717, 1.165) is 5.56 Å². The van der Waals surface area contributed by atoms with Crippen molar-refractivity contribution in [2.45, 2.75) is 26.1 Å². The highest BCUT2D eigenvalue weighted by Crippen LogP contribution is 2.22. The minimum atomic E-state index is -3.59. The zero-order valence-corrected chi connectivity index (χ0v) is 17.8. The van der Waals surface area contributed by atoms with Crippen LogP contribution in [0.5, 0.6) is 0 Å². The first kappa shape index (κ1) is 20.9. The molecule has 2 aromatic heterocycles. The third-order valence-electron chi connectivity index (χ3n) is 5.24. The molecule has 2 atom stereocenters. The van der Waals surface area contributed by atoms with Crippen molar-refractivity contribution in [2.75, 3.05) is 39.3 Å². The predicted molar refractivity (Wildman–Crippen MR) is 108 cm³/mol. The molecule has 4 heterocycles. The molecule has 4 rings (SSSR count). The summed E-state index contributed by atoms with van der Waals surface area (Å²) in [5, 5.41) is 3.88. The maximum absolute atomic E-state index is 13.0. The highest BCUT2D eigenvalue weighted by molar-refractivity contribution is 7.86. The predicted octanol–water partition coefficient (Wildman–Crippen LogP) is 0.848. The number of hydrogen-bond acceptors (Lipinski definition) is 7. The average molecular weight is 436 g/mol. The van der Waals surface area contributed by atoms with E-state index in [1.807, 2.05) is 19.9 Å². The molecule has 11 heteroatoms. The Bertz CT molecular complexity index is 978. The van der Waals surface area contributed by atoms with Gasteiger partial charge in [0.1, 0.15) is 0 Å². The Balaban J connectivity index is 1.38. The van der Waals surface area contributed by atoms with Crippen molar-refractivity contribution in [2.24, 2.45) is 0 Å². The van der Waals surface area contributed by atoms with Gasteiger partial charge in [0.15, 0.2) is 11.5 Å². The lowest BCUT2D eigenvalue weighted by Gasteiger charge is -2.40. The number of pyridine rings is 1. The topological polar surface area (TPSA) is 109 Å². The fourth-order valence-corrected chi connectivity index (χ4v) is 5.53. The van der Waals surface area contributed by atoms with Gasteiger partial charge in [-0.3, -0.25) is 9.78 Å². The molecular weight excluding hydrogens is 410 g/mol. The second-order valence-electron chi connectivity index (χ2n) is 7.59. The molecule has 0 N–H and O–H groups in total. The molecule has 0 radical (unpaired) electrons. The molecule has 0 aromatic carbocycles. The third-order valence-corrected chi connectivity index (χ3v) is 7.21. The van der Waals surface area contributed by atoms with E-state index < -0.39 is 10.2 Å². The number of ether oxygens (including phenoxy) is 1. The van der Waals surface area contributed by atoms with Gasteiger partial charge in [0.05, 0.1) is 12.2 Å². The number of amides is 1. The van der Waals surface area contributed by atoms with Gasteiger partial charge in [0.2, 0.25) is 0 Å². The number of carbonyl (C=O) groups excluding carboxylic acids is 1. The first-order valence-corrected chi connectivity index (χ1v) is 11.3. The zero-order chi connectivity index (χ0) is 21.3. The molecular formula is C19H25N5O5S. The summed E-state index contributed by atoms with van der Waals surface area (Å²) in [4.78, 5) is 18.4. The van der Waals surface area contributed by atoms with Crippen LogP contribution in [0.3, 0.4) is 0 Å². The van der Waals surface area contributed by atoms with Crippen LogP contribution in [0, 0.1) is 0 Å². The summed E-state index contributed by atoms with van der Waals surface area (Å²) in [5.74, 6) is 0.183. The third kappa shape index (κ3) is 4.24. The molecule has 2 aliphatic heterocycles. The van der Waals surface area contributed by atoms with Gasteiger partial charge in [0.25, 0.3) is 16.1 Å². The summed E-state index contributed by atoms with van der Waals surface area (Å²) in [6.07, 6.45) is 2.99. The number of hydrogen-bond donors (Lipinski definition) is 0. The summed E-state index contributed by atoms with van der Waals surface area (Å²) in [7, 11) is -3.59. The van der Waals surface area contributed by atoms with Crippen LogP contribution in [0.25, 0.3) is 11.3 Å². The van der Waals surface area contributed by atoms with Crippen LogP contribution in [0.1, 0.15) is 24.3 Å².